The van der Waals surface area contributed by atoms with Gasteiger partial charge in [-0.25, -0.2) is 0 Å². The SMILES string of the molecule is CCCCSCC1(CCl)C=Cc2ccccc2C1. The number of halogens is 1. The molecule has 1 aliphatic carbocycles. The molecule has 1 aromatic carbocycles. The standard InChI is InChI=1S/C16H21ClS/c1-2-3-10-18-13-16(12-17)9-8-14-6-4-5-7-15(14)11-16/h4-9H,2-3,10-13H2,1H3. The van der Waals surface area contributed by atoms with E-state index in [2.05, 4.69) is 43.3 Å². The summed E-state index contributed by atoms with van der Waals surface area (Å²) < 4.78 is 0. The lowest BCUT2D eigenvalue weighted by atomic mass is 9.79. The molecular formula is C16H21ClS. The van der Waals surface area contributed by atoms with E-state index in [1.807, 2.05) is 11.8 Å². The van der Waals surface area contributed by atoms with Crippen molar-refractivity contribution in [2.24, 2.45) is 5.41 Å². The summed E-state index contributed by atoms with van der Waals surface area (Å²) in [7, 11) is 0. The van der Waals surface area contributed by atoms with Crippen molar-refractivity contribution in [3.05, 3.63) is 41.5 Å². The second kappa shape index (κ2) is 6.68. The molecule has 2 rings (SSSR count). The molecule has 0 amide bonds. The first kappa shape index (κ1) is 14.0. The Hall–Kier alpha value is -0.400. The molecule has 98 valence electrons. The number of fused-ring (bicyclic) bond motifs is 1. The van der Waals surface area contributed by atoms with Crippen LogP contribution >= 0.6 is 23.4 Å². The summed E-state index contributed by atoms with van der Waals surface area (Å²) in [5, 5.41) is 0. The fraction of sp³-hybridized carbons (Fsp3) is 0.500. The van der Waals surface area contributed by atoms with Gasteiger partial charge in [-0.3, -0.25) is 0 Å². The van der Waals surface area contributed by atoms with E-state index in [4.69, 9.17) is 11.6 Å². The maximum atomic E-state index is 6.25. The predicted molar refractivity (Wildman–Crippen MR) is 84.6 cm³/mol. The highest BCUT2D eigenvalue weighted by atomic mass is 35.5. The Morgan fingerprint density at radius 2 is 2.17 bits per heavy atom. The molecule has 0 saturated carbocycles. The number of alkyl halides is 1. The van der Waals surface area contributed by atoms with Crippen molar-refractivity contribution in [3.8, 4) is 0 Å². The van der Waals surface area contributed by atoms with E-state index >= 15 is 0 Å². The van der Waals surface area contributed by atoms with Crippen LogP contribution in [0.3, 0.4) is 0 Å². The van der Waals surface area contributed by atoms with Gasteiger partial charge in [0, 0.05) is 17.0 Å². The third-order valence-corrected chi connectivity index (χ3v) is 5.40. The molecule has 1 unspecified atom stereocenters. The Morgan fingerprint density at radius 3 is 2.94 bits per heavy atom. The Bertz CT molecular complexity index is 413. The van der Waals surface area contributed by atoms with Gasteiger partial charge in [-0.2, -0.15) is 11.8 Å². The number of hydrogen-bond donors (Lipinski definition) is 0. The minimum absolute atomic E-state index is 0.161. The normalized spacial score (nSPS) is 21.9. The number of allylic oxidation sites excluding steroid dienone is 1. The molecule has 0 aromatic heterocycles. The quantitative estimate of drug-likeness (QED) is 0.521. The van der Waals surface area contributed by atoms with Gasteiger partial charge in [0.05, 0.1) is 0 Å². The number of hydrogen-bond acceptors (Lipinski definition) is 1. The van der Waals surface area contributed by atoms with E-state index in [9.17, 15) is 0 Å². The molecule has 1 atom stereocenters. The van der Waals surface area contributed by atoms with Crippen molar-refractivity contribution in [1.82, 2.24) is 0 Å². The van der Waals surface area contributed by atoms with Gasteiger partial charge in [0.15, 0.2) is 0 Å². The Kier molecular flexibility index (Phi) is 5.20. The predicted octanol–water partition coefficient (Wildman–Crippen LogP) is 5.01. The molecule has 0 nitrogen and oxygen atoms in total. The topological polar surface area (TPSA) is 0 Å². The third kappa shape index (κ3) is 3.33. The monoisotopic (exact) mass is 280 g/mol. The lowest BCUT2D eigenvalue weighted by Gasteiger charge is -2.32. The van der Waals surface area contributed by atoms with Gasteiger partial charge < -0.3 is 0 Å². The molecular weight excluding hydrogens is 260 g/mol. The molecule has 0 radical (unpaired) electrons. The van der Waals surface area contributed by atoms with E-state index < -0.39 is 0 Å². The summed E-state index contributed by atoms with van der Waals surface area (Å²) >= 11 is 8.30. The summed E-state index contributed by atoms with van der Waals surface area (Å²) in [6, 6.07) is 8.65. The zero-order chi connectivity index (χ0) is 12.8. The van der Waals surface area contributed by atoms with Crippen LogP contribution < -0.4 is 0 Å². The first-order chi connectivity index (χ1) is 8.79. The van der Waals surface area contributed by atoms with E-state index in [0.717, 1.165) is 18.1 Å². The van der Waals surface area contributed by atoms with Gasteiger partial charge in [-0.15, -0.1) is 11.6 Å². The van der Waals surface area contributed by atoms with Crippen LogP contribution in [-0.4, -0.2) is 17.4 Å². The number of unbranched alkanes of at least 4 members (excludes halogenated alkanes) is 1. The Balaban J connectivity index is 2.03. The van der Waals surface area contributed by atoms with E-state index in [-0.39, 0.29) is 5.41 Å². The molecule has 0 fully saturated rings. The van der Waals surface area contributed by atoms with Gasteiger partial charge in [0.25, 0.3) is 0 Å². The molecule has 0 aliphatic heterocycles. The van der Waals surface area contributed by atoms with Gasteiger partial charge >= 0.3 is 0 Å². The van der Waals surface area contributed by atoms with Crippen LogP contribution in [0.15, 0.2) is 30.3 Å². The second-order valence-electron chi connectivity index (χ2n) is 5.11. The van der Waals surface area contributed by atoms with Crippen molar-refractivity contribution >= 4 is 29.4 Å². The Labute approximate surface area is 120 Å². The van der Waals surface area contributed by atoms with Gasteiger partial charge in [-0.1, -0.05) is 49.8 Å². The van der Waals surface area contributed by atoms with Crippen molar-refractivity contribution in [3.63, 3.8) is 0 Å². The zero-order valence-corrected chi connectivity index (χ0v) is 12.6. The van der Waals surface area contributed by atoms with Crippen LogP contribution in [0.4, 0.5) is 0 Å². The fourth-order valence-corrected chi connectivity index (χ4v) is 4.05. The third-order valence-electron chi connectivity index (χ3n) is 3.51. The maximum absolute atomic E-state index is 6.25. The summed E-state index contributed by atoms with van der Waals surface area (Å²) in [6.07, 6.45) is 8.26. The smallest absolute Gasteiger partial charge is 0.0325 e. The van der Waals surface area contributed by atoms with Gasteiger partial charge in [0.1, 0.15) is 0 Å². The molecule has 0 spiro atoms. The van der Waals surface area contributed by atoms with Gasteiger partial charge in [0.2, 0.25) is 0 Å². The fourth-order valence-electron chi connectivity index (χ4n) is 2.31. The molecule has 18 heavy (non-hydrogen) atoms. The number of benzene rings is 1. The first-order valence-corrected chi connectivity index (χ1v) is 8.39. The minimum Gasteiger partial charge on any atom is -0.161 e. The van der Waals surface area contributed by atoms with Crippen LogP contribution in [-0.2, 0) is 6.42 Å². The number of thioether (sulfide) groups is 1. The maximum Gasteiger partial charge on any atom is 0.0325 e. The van der Waals surface area contributed by atoms with Crippen LogP contribution in [0, 0.1) is 5.41 Å². The van der Waals surface area contributed by atoms with E-state index in [1.165, 1.54) is 29.7 Å². The molecule has 1 aromatic rings. The first-order valence-electron chi connectivity index (χ1n) is 6.70. The van der Waals surface area contributed by atoms with Crippen LogP contribution in [0.2, 0.25) is 0 Å². The molecule has 1 aliphatic rings. The molecule has 0 heterocycles. The minimum atomic E-state index is 0.161. The van der Waals surface area contributed by atoms with Crippen LogP contribution in [0.25, 0.3) is 6.08 Å². The summed E-state index contributed by atoms with van der Waals surface area (Å²) in [6.45, 7) is 2.24. The molecule has 0 N–H and O–H groups in total. The van der Waals surface area contributed by atoms with Crippen LogP contribution in [0.1, 0.15) is 30.9 Å². The number of rotatable bonds is 6. The molecule has 2 heteroatoms. The van der Waals surface area contributed by atoms with Gasteiger partial charge in [-0.05, 0) is 29.7 Å². The summed E-state index contributed by atoms with van der Waals surface area (Å²) in [4.78, 5) is 0. The van der Waals surface area contributed by atoms with Crippen molar-refractivity contribution in [2.45, 2.75) is 26.2 Å². The van der Waals surface area contributed by atoms with E-state index in [0.29, 0.717) is 0 Å². The van der Waals surface area contributed by atoms with Crippen molar-refractivity contribution in [1.29, 1.82) is 0 Å². The lowest BCUT2D eigenvalue weighted by molar-refractivity contribution is 0.492. The average molecular weight is 281 g/mol. The highest BCUT2D eigenvalue weighted by molar-refractivity contribution is 7.99. The largest absolute Gasteiger partial charge is 0.161 e. The zero-order valence-electron chi connectivity index (χ0n) is 11.0. The lowest BCUT2D eigenvalue weighted by Crippen LogP contribution is -2.29. The Morgan fingerprint density at radius 1 is 1.33 bits per heavy atom. The molecule has 0 saturated heterocycles. The highest BCUT2D eigenvalue weighted by Gasteiger charge is 2.29. The summed E-state index contributed by atoms with van der Waals surface area (Å²) in [5.74, 6) is 3.11. The van der Waals surface area contributed by atoms with E-state index in [1.54, 1.807) is 0 Å². The van der Waals surface area contributed by atoms with Crippen molar-refractivity contribution in [2.75, 3.05) is 17.4 Å². The summed E-state index contributed by atoms with van der Waals surface area (Å²) in [5.41, 5.74) is 2.96. The average Bonchev–Trinajstić information content (AvgIpc) is 2.43. The van der Waals surface area contributed by atoms with Crippen molar-refractivity contribution < 1.29 is 0 Å². The highest BCUT2D eigenvalue weighted by Crippen LogP contribution is 2.36. The second-order valence-corrected chi connectivity index (χ2v) is 6.48. The van der Waals surface area contributed by atoms with Crippen LogP contribution in [0.5, 0.6) is 0 Å². The molecule has 0 bridgehead atoms.